The van der Waals surface area contributed by atoms with Gasteiger partial charge in [-0.05, 0) is 18.8 Å². The van der Waals surface area contributed by atoms with E-state index in [9.17, 15) is 0 Å². The van der Waals surface area contributed by atoms with Crippen molar-refractivity contribution in [3.05, 3.63) is 36.4 Å². The van der Waals surface area contributed by atoms with Crippen molar-refractivity contribution in [2.75, 3.05) is 17.7 Å². The largest absolute Gasteiger partial charge is 0.373 e. The molecule has 1 aliphatic carbocycles. The van der Waals surface area contributed by atoms with Crippen LogP contribution in [-0.4, -0.2) is 23.1 Å². The van der Waals surface area contributed by atoms with Gasteiger partial charge in [-0.2, -0.15) is 0 Å². The first-order chi connectivity index (χ1) is 10.3. The Bertz CT molecular complexity index is 597. The second kappa shape index (κ2) is 6.12. The smallest absolute Gasteiger partial charge is 0.163 e. The third-order valence-electron chi connectivity index (χ3n) is 3.93. The van der Waals surface area contributed by atoms with Gasteiger partial charge < -0.3 is 10.6 Å². The third-order valence-corrected chi connectivity index (χ3v) is 3.93. The van der Waals surface area contributed by atoms with E-state index in [2.05, 4.69) is 27.5 Å². The molecule has 1 aliphatic rings. The lowest BCUT2D eigenvalue weighted by atomic mass is 10.2. The van der Waals surface area contributed by atoms with Gasteiger partial charge in [0.25, 0.3) is 0 Å². The molecule has 0 radical (unpaired) electrons. The Balaban J connectivity index is 1.81. The molecule has 0 saturated heterocycles. The Kier molecular flexibility index (Phi) is 4.04. The molecule has 2 aromatic rings. The number of benzene rings is 1. The first-order valence-corrected chi connectivity index (χ1v) is 7.69. The van der Waals surface area contributed by atoms with Crippen LogP contribution in [0.1, 0.15) is 26.2 Å². The molecule has 21 heavy (non-hydrogen) atoms. The van der Waals surface area contributed by atoms with E-state index in [1.54, 1.807) is 0 Å². The summed E-state index contributed by atoms with van der Waals surface area (Å²) in [5.74, 6) is 3.33. The molecule has 1 fully saturated rings. The van der Waals surface area contributed by atoms with Gasteiger partial charge in [0.05, 0.1) is 0 Å². The van der Waals surface area contributed by atoms with E-state index in [0.717, 1.165) is 28.9 Å². The lowest BCUT2D eigenvalue weighted by Crippen LogP contribution is -2.08. The Morgan fingerprint density at radius 3 is 2.62 bits per heavy atom. The lowest BCUT2D eigenvalue weighted by Gasteiger charge is -2.10. The molecule has 1 saturated carbocycles. The highest BCUT2D eigenvalue weighted by Crippen LogP contribution is 2.37. The monoisotopic (exact) mass is 282 g/mol. The van der Waals surface area contributed by atoms with Crippen LogP contribution in [0.5, 0.6) is 0 Å². The van der Waals surface area contributed by atoms with Crippen LogP contribution in [0.15, 0.2) is 36.4 Å². The fraction of sp³-hybridized carbons (Fsp3) is 0.412. The highest BCUT2D eigenvalue weighted by atomic mass is 15.1. The number of rotatable bonds is 6. The Labute approximate surface area is 126 Å². The average molecular weight is 282 g/mol. The van der Waals surface area contributed by atoms with Gasteiger partial charge in [-0.1, -0.05) is 43.7 Å². The summed E-state index contributed by atoms with van der Waals surface area (Å²) in [6.45, 7) is 2.24. The van der Waals surface area contributed by atoms with Crippen molar-refractivity contribution in [2.24, 2.45) is 5.92 Å². The number of anilines is 2. The summed E-state index contributed by atoms with van der Waals surface area (Å²) in [6, 6.07) is 12.7. The molecule has 1 aromatic heterocycles. The predicted molar refractivity (Wildman–Crippen MR) is 87.4 cm³/mol. The van der Waals surface area contributed by atoms with E-state index >= 15 is 0 Å². The van der Waals surface area contributed by atoms with E-state index in [-0.39, 0.29) is 0 Å². The minimum atomic E-state index is 0.577. The lowest BCUT2D eigenvalue weighted by molar-refractivity contribution is 0.692. The summed E-state index contributed by atoms with van der Waals surface area (Å²) in [6.07, 6.45) is 3.81. The zero-order chi connectivity index (χ0) is 14.7. The highest BCUT2D eigenvalue weighted by molar-refractivity contribution is 5.61. The zero-order valence-corrected chi connectivity index (χ0v) is 12.6. The van der Waals surface area contributed by atoms with Crippen molar-refractivity contribution in [1.82, 2.24) is 9.97 Å². The fourth-order valence-corrected chi connectivity index (χ4v) is 2.67. The van der Waals surface area contributed by atoms with Crippen molar-refractivity contribution in [2.45, 2.75) is 32.2 Å². The van der Waals surface area contributed by atoms with Crippen LogP contribution >= 0.6 is 0 Å². The van der Waals surface area contributed by atoms with Gasteiger partial charge in [-0.15, -0.1) is 0 Å². The molecule has 4 nitrogen and oxygen atoms in total. The number of aromatic nitrogens is 2. The molecule has 0 aliphatic heterocycles. The SMILES string of the molecule is CCCC1CC1Nc1cc(NC)nc(-c2ccccc2)n1. The summed E-state index contributed by atoms with van der Waals surface area (Å²) in [5.41, 5.74) is 1.04. The quantitative estimate of drug-likeness (QED) is 0.846. The van der Waals surface area contributed by atoms with Crippen LogP contribution in [0, 0.1) is 5.92 Å². The fourth-order valence-electron chi connectivity index (χ4n) is 2.67. The molecule has 2 N–H and O–H groups in total. The normalized spacial score (nSPS) is 20.1. The van der Waals surface area contributed by atoms with Crippen LogP contribution in [-0.2, 0) is 0 Å². The van der Waals surface area contributed by atoms with E-state index in [1.807, 2.05) is 43.4 Å². The van der Waals surface area contributed by atoms with Gasteiger partial charge in [0.2, 0.25) is 0 Å². The molecule has 0 bridgehead atoms. The average Bonchev–Trinajstić information content (AvgIpc) is 3.26. The Morgan fingerprint density at radius 2 is 1.90 bits per heavy atom. The second-order valence-electron chi connectivity index (χ2n) is 5.61. The van der Waals surface area contributed by atoms with E-state index in [0.29, 0.717) is 6.04 Å². The van der Waals surface area contributed by atoms with Gasteiger partial charge in [0.15, 0.2) is 5.82 Å². The molecular weight excluding hydrogens is 260 g/mol. The van der Waals surface area contributed by atoms with Gasteiger partial charge in [-0.25, -0.2) is 9.97 Å². The van der Waals surface area contributed by atoms with Crippen LogP contribution < -0.4 is 10.6 Å². The summed E-state index contributed by atoms with van der Waals surface area (Å²) in [5, 5.41) is 6.66. The van der Waals surface area contributed by atoms with Crippen molar-refractivity contribution in [3.8, 4) is 11.4 Å². The number of hydrogen-bond donors (Lipinski definition) is 2. The molecule has 0 amide bonds. The minimum Gasteiger partial charge on any atom is -0.373 e. The molecule has 1 heterocycles. The number of nitrogens with zero attached hydrogens (tertiary/aromatic N) is 2. The second-order valence-corrected chi connectivity index (χ2v) is 5.61. The molecule has 2 unspecified atom stereocenters. The van der Waals surface area contributed by atoms with Gasteiger partial charge >= 0.3 is 0 Å². The Hall–Kier alpha value is -2.10. The first kappa shape index (κ1) is 13.9. The number of nitrogens with one attached hydrogen (secondary N) is 2. The number of hydrogen-bond acceptors (Lipinski definition) is 4. The molecule has 0 spiro atoms. The van der Waals surface area contributed by atoms with Gasteiger partial charge in [0.1, 0.15) is 11.6 Å². The van der Waals surface area contributed by atoms with Crippen LogP contribution in [0.4, 0.5) is 11.6 Å². The zero-order valence-electron chi connectivity index (χ0n) is 12.6. The minimum absolute atomic E-state index is 0.577. The van der Waals surface area contributed by atoms with Crippen molar-refractivity contribution in [3.63, 3.8) is 0 Å². The van der Waals surface area contributed by atoms with Crippen molar-refractivity contribution in [1.29, 1.82) is 0 Å². The summed E-state index contributed by atoms with van der Waals surface area (Å²) in [7, 11) is 1.89. The maximum absolute atomic E-state index is 4.66. The van der Waals surface area contributed by atoms with Crippen molar-refractivity contribution >= 4 is 11.6 Å². The van der Waals surface area contributed by atoms with Crippen LogP contribution in [0.3, 0.4) is 0 Å². The first-order valence-electron chi connectivity index (χ1n) is 7.69. The van der Waals surface area contributed by atoms with Crippen LogP contribution in [0.2, 0.25) is 0 Å². The Morgan fingerprint density at radius 1 is 1.14 bits per heavy atom. The topological polar surface area (TPSA) is 49.8 Å². The maximum atomic E-state index is 4.66. The molecule has 2 atom stereocenters. The summed E-state index contributed by atoms with van der Waals surface area (Å²) >= 11 is 0. The van der Waals surface area contributed by atoms with Gasteiger partial charge in [-0.3, -0.25) is 0 Å². The molecular formula is C17H22N4. The highest BCUT2D eigenvalue weighted by Gasteiger charge is 2.36. The maximum Gasteiger partial charge on any atom is 0.163 e. The molecule has 1 aromatic carbocycles. The van der Waals surface area contributed by atoms with E-state index < -0.39 is 0 Å². The van der Waals surface area contributed by atoms with Crippen LogP contribution in [0.25, 0.3) is 11.4 Å². The predicted octanol–water partition coefficient (Wildman–Crippen LogP) is 3.79. The standard InChI is InChI=1S/C17H22N4/c1-3-7-13-10-14(13)19-16-11-15(18-2)20-17(21-16)12-8-5-4-6-9-12/h4-6,8-9,11,13-14H,3,7,10H2,1-2H3,(H2,18,19,20,21). The summed E-state index contributed by atoms with van der Waals surface area (Å²) in [4.78, 5) is 9.21. The third kappa shape index (κ3) is 3.32. The summed E-state index contributed by atoms with van der Waals surface area (Å²) < 4.78 is 0. The van der Waals surface area contributed by atoms with Crippen molar-refractivity contribution < 1.29 is 0 Å². The molecule has 4 heteroatoms. The molecule has 3 rings (SSSR count). The van der Waals surface area contributed by atoms with Gasteiger partial charge in [0, 0.05) is 24.7 Å². The van der Waals surface area contributed by atoms with E-state index in [1.165, 1.54) is 19.3 Å². The van der Waals surface area contributed by atoms with E-state index in [4.69, 9.17) is 0 Å². The molecule has 110 valence electrons.